The zero-order valence-corrected chi connectivity index (χ0v) is 13.7. The fourth-order valence-electron chi connectivity index (χ4n) is 2.36. The van der Waals surface area contributed by atoms with Crippen LogP contribution >= 0.6 is 23.4 Å². The highest BCUT2D eigenvalue weighted by molar-refractivity contribution is 7.99. The number of thioether (sulfide) groups is 1. The van der Waals surface area contributed by atoms with Crippen LogP contribution in [-0.2, 0) is 11.2 Å². The van der Waals surface area contributed by atoms with Gasteiger partial charge in [-0.25, -0.2) is 4.98 Å². The second kappa shape index (κ2) is 7.20. The van der Waals surface area contributed by atoms with Gasteiger partial charge >= 0.3 is 0 Å². The number of amides is 1. The van der Waals surface area contributed by atoms with Crippen molar-refractivity contribution in [3.8, 4) is 11.3 Å². The van der Waals surface area contributed by atoms with Gasteiger partial charge in [0.15, 0.2) is 11.7 Å². The Labute approximate surface area is 138 Å². The van der Waals surface area contributed by atoms with Crippen molar-refractivity contribution < 1.29 is 9.21 Å². The summed E-state index contributed by atoms with van der Waals surface area (Å²) < 4.78 is 5.72. The summed E-state index contributed by atoms with van der Waals surface area (Å²) in [5.74, 6) is 3.56. The average molecular weight is 337 g/mol. The standard InChI is InChI=1S/C16H17ClN2O2S/c17-13-3-1-12(2-4-13)14-11-18-15(21-14)5-6-16(20)19-7-9-22-10-8-19/h1-4,11H,5-10H2. The molecule has 0 aliphatic carbocycles. The van der Waals surface area contributed by atoms with Gasteiger partial charge < -0.3 is 9.32 Å². The fourth-order valence-corrected chi connectivity index (χ4v) is 3.39. The van der Waals surface area contributed by atoms with Gasteiger partial charge in [-0.1, -0.05) is 11.6 Å². The molecule has 4 nitrogen and oxygen atoms in total. The van der Waals surface area contributed by atoms with Crippen LogP contribution in [0.2, 0.25) is 5.02 Å². The average Bonchev–Trinajstić information content (AvgIpc) is 3.03. The Hall–Kier alpha value is -1.46. The quantitative estimate of drug-likeness (QED) is 0.857. The van der Waals surface area contributed by atoms with Gasteiger partial charge in [-0.05, 0) is 24.3 Å². The van der Waals surface area contributed by atoms with Crippen LogP contribution < -0.4 is 0 Å². The maximum absolute atomic E-state index is 12.1. The van der Waals surface area contributed by atoms with Gasteiger partial charge in [-0.2, -0.15) is 11.8 Å². The lowest BCUT2D eigenvalue weighted by Crippen LogP contribution is -2.37. The van der Waals surface area contributed by atoms with Gasteiger partial charge in [0.2, 0.25) is 5.91 Å². The number of benzene rings is 1. The van der Waals surface area contributed by atoms with E-state index in [1.54, 1.807) is 6.20 Å². The SMILES string of the molecule is O=C(CCc1ncc(-c2ccc(Cl)cc2)o1)N1CCSCC1. The number of carbonyl (C=O) groups excluding carboxylic acids is 1. The molecule has 1 aliphatic rings. The zero-order valence-electron chi connectivity index (χ0n) is 12.1. The molecule has 0 saturated carbocycles. The number of hydrogen-bond donors (Lipinski definition) is 0. The summed E-state index contributed by atoms with van der Waals surface area (Å²) in [5, 5.41) is 0.689. The maximum Gasteiger partial charge on any atom is 0.223 e. The second-order valence-electron chi connectivity index (χ2n) is 5.12. The lowest BCUT2D eigenvalue weighted by Gasteiger charge is -2.26. The summed E-state index contributed by atoms with van der Waals surface area (Å²) >= 11 is 7.77. The van der Waals surface area contributed by atoms with Crippen molar-refractivity contribution in [2.75, 3.05) is 24.6 Å². The molecule has 0 unspecified atom stereocenters. The predicted molar refractivity (Wildman–Crippen MR) is 89.2 cm³/mol. The van der Waals surface area contributed by atoms with Crippen molar-refractivity contribution in [2.45, 2.75) is 12.8 Å². The Bertz CT molecular complexity index is 636. The molecule has 1 aliphatic heterocycles. The molecule has 1 aromatic carbocycles. The van der Waals surface area contributed by atoms with Crippen LogP contribution in [-0.4, -0.2) is 40.4 Å². The number of hydrogen-bond acceptors (Lipinski definition) is 4. The van der Waals surface area contributed by atoms with Gasteiger partial charge in [0, 0.05) is 48.0 Å². The summed E-state index contributed by atoms with van der Waals surface area (Å²) in [7, 11) is 0. The van der Waals surface area contributed by atoms with E-state index < -0.39 is 0 Å². The normalized spacial score (nSPS) is 15.0. The molecule has 22 heavy (non-hydrogen) atoms. The number of oxazole rings is 1. The zero-order chi connectivity index (χ0) is 15.4. The van der Waals surface area contributed by atoms with E-state index in [2.05, 4.69) is 4.98 Å². The van der Waals surface area contributed by atoms with Crippen molar-refractivity contribution in [3.05, 3.63) is 41.4 Å². The van der Waals surface area contributed by atoms with Crippen molar-refractivity contribution in [3.63, 3.8) is 0 Å². The van der Waals surface area contributed by atoms with E-state index in [0.717, 1.165) is 30.2 Å². The number of aromatic nitrogens is 1. The molecule has 1 fully saturated rings. The summed E-state index contributed by atoms with van der Waals surface area (Å²) in [6.45, 7) is 1.70. The van der Waals surface area contributed by atoms with Crippen LogP contribution in [0.15, 0.2) is 34.9 Å². The van der Waals surface area contributed by atoms with Gasteiger partial charge in [0.25, 0.3) is 0 Å². The highest BCUT2D eigenvalue weighted by Gasteiger charge is 2.17. The first kappa shape index (κ1) is 15.4. The van der Waals surface area contributed by atoms with Gasteiger partial charge in [-0.3, -0.25) is 4.79 Å². The molecule has 0 spiro atoms. The lowest BCUT2D eigenvalue weighted by molar-refractivity contribution is -0.130. The minimum Gasteiger partial charge on any atom is -0.441 e. The Morgan fingerprint density at radius 2 is 2.00 bits per heavy atom. The molecule has 2 heterocycles. The van der Waals surface area contributed by atoms with Crippen molar-refractivity contribution in [1.29, 1.82) is 0 Å². The van der Waals surface area contributed by atoms with Gasteiger partial charge in [0.1, 0.15) is 0 Å². The summed E-state index contributed by atoms with van der Waals surface area (Å²) in [5.41, 5.74) is 0.933. The molecule has 0 N–H and O–H groups in total. The Morgan fingerprint density at radius 1 is 1.27 bits per heavy atom. The Balaban J connectivity index is 1.57. The van der Waals surface area contributed by atoms with Crippen LogP contribution in [0.5, 0.6) is 0 Å². The number of carbonyl (C=O) groups is 1. The van der Waals surface area contributed by atoms with Crippen molar-refractivity contribution in [1.82, 2.24) is 9.88 Å². The molecular formula is C16H17ClN2O2S. The first-order chi connectivity index (χ1) is 10.7. The lowest BCUT2D eigenvalue weighted by atomic mass is 10.2. The van der Waals surface area contributed by atoms with E-state index in [0.29, 0.717) is 29.5 Å². The van der Waals surface area contributed by atoms with Gasteiger partial charge in [-0.15, -0.1) is 0 Å². The molecular weight excluding hydrogens is 320 g/mol. The molecule has 3 rings (SSSR count). The van der Waals surface area contributed by atoms with Crippen LogP contribution in [0.1, 0.15) is 12.3 Å². The van der Waals surface area contributed by atoms with Crippen molar-refractivity contribution in [2.24, 2.45) is 0 Å². The summed E-state index contributed by atoms with van der Waals surface area (Å²) in [4.78, 5) is 18.3. The maximum atomic E-state index is 12.1. The van der Waals surface area contributed by atoms with E-state index in [9.17, 15) is 4.79 Å². The van der Waals surface area contributed by atoms with E-state index in [-0.39, 0.29) is 5.91 Å². The molecule has 116 valence electrons. The number of nitrogens with zero attached hydrogens (tertiary/aromatic N) is 2. The van der Waals surface area contributed by atoms with Crippen LogP contribution in [0, 0.1) is 0 Å². The fraction of sp³-hybridized carbons (Fsp3) is 0.375. The predicted octanol–water partition coefficient (Wildman–Crippen LogP) is 3.50. The number of halogens is 1. The first-order valence-corrected chi connectivity index (χ1v) is 8.82. The van der Waals surface area contributed by atoms with Crippen molar-refractivity contribution >= 4 is 29.3 Å². The third-order valence-corrected chi connectivity index (χ3v) is 4.79. The highest BCUT2D eigenvalue weighted by Crippen LogP contribution is 2.23. The Kier molecular flexibility index (Phi) is 5.05. The molecule has 6 heteroatoms. The Morgan fingerprint density at radius 3 is 2.73 bits per heavy atom. The molecule has 0 bridgehead atoms. The summed E-state index contributed by atoms with van der Waals surface area (Å²) in [6, 6.07) is 7.42. The third kappa shape index (κ3) is 3.84. The molecule has 1 amide bonds. The van der Waals surface area contributed by atoms with E-state index >= 15 is 0 Å². The monoisotopic (exact) mass is 336 g/mol. The minimum atomic E-state index is 0.187. The van der Waals surface area contributed by atoms with E-state index in [1.807, 2.05) is 40.9 Å². The highest BCUT2D eigenvalue weighted by atomic mass is 35.5. The van der Waals surface area contributed by atoms with Crippen LogP contribution in [0.25, 0.3) is 11.3 Å². The molecule has 1 aromatic heterocycles. The molecule has 2 aromatic rings. The van der Waals surface area contributed by atoms with Gasteiger partial charge in [0.05, 0.1) is 6.20 Å². The molecule has 1 saturated heterocycles. The topological polar surface area (TPSA) is 46.3 Å². The molecule has 0 radical (unpaired) electrons. The first-order valence-electron chi connectivity index (χ1n) is 7.28. The summed E-state index contributed by atoms with van der Waals surface area (Å²) in [6.07, 6.45) is 2.68. The van der Waals surface area contributed by atoms with Crippen LogP contribution in [0.3, 0.4) is 0 Å². The minimum absolute atomic E-state index is 0.187. The van der Waals surface area contributed by atoms with Crippen LogP contribution in [0.4, 0.5) is 0 Å². The third-order valence-electron chi connectivity index (χ3n) is 3.60. The largest absolute Gasteiger partial charge is 0.441 e. The van der Waals surface area contributed by atoms with E-state index in [4.69, 9.17) is 16.0 Å². The number of rotatable bonds is 4. The molecule has 0 atom stereocenters. The smallest absolute Gasteiger partial charge is 0.223 e. The number of aryl methyl sites for hydroxylation is 1. The second-order valence-corrected chi connectivity index (χ2v) is 6.78. The van der Waals surface area contributed by atoms with E-state index in [1.165, 1.54) is 0 Å².